The summed E-state index contributed by atoms with van der Waals surface area (Å²) in [5, 5.41) is 0. The van der Waals surface area contributed by atoms with Gasteiger partial charge in [0.05, 0.1) is 26.4 Å². The zero-order valence-corrected chi connectivity index (χ0v) is 25.1. The summed E-state index contributed by atoms with van der Waals surface area (Å²) < 4.78 is 329. The smallest absolute Gasteiger partial charge is 0.377 e. The van der Waals surface area contributed by atoms with Crippen LogP contribution < -0.4 is 0 Å². The molecule has 0 bridgehead atoms. The van der Waals surface area contributed by atoms with Gasteiger partial charge >= 0.3 is 72.6 Å². The summed E-state index contributed by atoms with van der Waals surface area (Å²) in [6.07, 6.45) is -25.7. The molecule has 0 fully saturated rings. The van der Waals surface area contributed by atoms with E-state index in [1.54, 1.807) is 0 Å². The molecule has 0 heterocycles. The fourth-order valence-corrected chi connectivity index (χ4v) is 3.54. The molecule has 0 rings (SSSR count). The summed E-state index contributed by atoms with van der Waals surface area (Å²) in [5.41, 5.74) is -2.56. The summed E-state index contributed by atoms with van der Waals surface area (Å²) in [6.45, 7) is -7.09. The van der Waals surface area contributed by atoms with Crippen molar-refractivity contribution in [3.05, 3.63) is 0 Å². The average Bonchev–Trinajstić information content (AvgIpc) is 2.98. The van der Waals surface area contributed by atoms with Crippen molar-refractivity contribution in [2.75, 3.05) is 33.0 Å². The van der Waals surface area contributed by atoms with E-state index in [-0.39, 0.29) is 0 Å². The van der Waals surface area contributed by atoms with E-state index in [0.29, 0.717) is 0 Å². The molecule has 0 N–H and O–H groups in total. The zero-order chi connectivity index (χ0) is 40.9. The van der Waals surface area contributed by atoms with Crippen molar-refractivity contribution < 1.29 is 120 Å². The Morgan fingerprint density at radius 1 is 0.412 bits per heavy atom. The van der Waals surface area contributed by atoms with E-state index < -0.39 is 143 Å². The number of hydrogen-bond acceptors (Lipinski definition) is 3. The Bertz CT molecular complexity index is 937. The van der Waals surface area contributed by atoms with Crippen LogP contribution in [-0.4, -0.2) is 111 Å². The molecule has 0 aromatic carbocycles. The average molecular weight is 818 g/mol. The van der Waals surface area contributed by atoms with Crippen LogP contribution in [0.4, 0.5) is 105 Å². The van der Waals surface area contributed by atoms with Gasteiger partial charge in [0.2, 0.25) is 0 Å². The standard InChI is InChI=1S/C24H26F24O3/c1-2-15(10-49-8-5-17(33,34)23(45,46)20(39,40)13(27)28,11-50-9-6-18(35,36)24(47,48)21(41,42)14(29)30)51-7-3-4-16(31,32)22(43,44)19(37,38)12(25)26/h12-14H,2-11H2,1H3. The van der Waals surface area contributed by atoms with Crippen LogP contribution >= 0.6 is 0 Å². The molecular formula is C24H26F24O3. The molecule has 0 aromatic heterocycles. The van der Waals surface area contributed by atoms with Crippen LogP contribution in [0, 0.1) is 0 Å². The molecule has 0 aromatic rings. The molecule has 0 saturated carbocycles. The summed E-state index contributed by atoms with van der Waals surface area (Å²) in [7, 11) is 0. The predicted molar refractivity (Wildman–Crippen MR) is 122 cm³/mol. The molecule has 0 spiro atoms. The maximum absolute atomic E-state index is 13.8. The monoisotopic (exact) mass is 818 g/mol. The van der Waals surface area contributed by atoms with E-state index in [1.807, 2.05) is 0 Å². The van der Waals surface area contributed by atoms with Gasteiger partial charge in [-0.3, -0.25) is 0 Å². The Kier molecular flexibility index (Phi) is 16.1. The molecule has 27 heteroatoms. The molecule has 0 saturated heterocycles. The Morgan fingerprint density at radius 2 is 0.686 bits per heavy atom. The Balaban J connectivity index is 5.97. The Labute approximate surface area is 270 Å². The van der Waals surface area contributed by atoms with Crippen molar-refractivity contribution in [3.8, 4) is 0 Å². The second-order valence-corrected chi connectivity index (χ2v) is 10.7. The third kappa shape index (κ3) is 10.2. The van der Waals surface area contributed by atoms with Crippen molar-refractivity contribution in [3.63, 3.8) is 0 Å². The van der Waals surface area contributed by atoms with Gasteiger partial charge in [0.1, 0.15) is 5.60 Å². The molecule has 0 radical (unpaired) electrons. The normalized spacial score (nSPS) is 15.5. The molecule has 308 valence electrons. The van der Waals surface area contributed by atoms with Gasteiger partial charge < -0.3 is 14.2 Å². The number of alkyl halides is 24. The Hall–Kier alpha value is -1.80. The van der Waals surface area contributed by atoms with Gasteiger partial charge in [0.25, 0.3) is 0 Å². The summed E-state index contributed by atoms with van der Waals surface area (Å²) >= 11 is 0. The highest BCUT2D eigenvalue weighted by atomic mass is 19.4. The van der Waals surface area contributed by atoms with E-state index in [2.05, 4.69) is 9.47 Å². The van der Waals surface area contributed by atoms with E-state index >= 15 is 0 Å². The van der Waals surface area contributed by atoms with Crippen molar-refractivity contribution in [2.45, 2.75) is 117 Å². The number of rotatable bonds is 25. The molecule has 0 aliphatic rings. The van der Waals surface area contributed by atoms with Crippen LogP contribution in [0.5, 0.6) is 0 Å². The van der Waals surface area contributed by atoms with Gasteiger partial charge in [-0.25, -0.2) is 26.3 Å². The highest BCUT2D eigenvalue weighted by Gasteiger charge is 2.76. The van der Waals surface area contributed by atoms with Crippen LogP contribution in [0.1, 0.15) is 39.0 Å². The van der Waals surface area contributed by atoms with E-state index in [0.717, 1.165) is 6.92 Å². The van der Waals surface area contributed by atoms with Crippen LogP contribution in [0.15, 0.2) is 0 Å². The first-order valence-corrected chi connectivity index (χ1v) is 13.6. The summed E-state index contributed by atoms with van der Waals surface area (Å²) in [5.74, 6) is -57.9. The van der Waals surface area contributed by atoms with Crippen molar-refractivity contribution >= 4 is 0 Å². The van der Waals surface area contributed by atoms with Gasteiger partial charge in [0.15, 0.2) is 0 Å². The number of halogens is 24. The first-order chi connectivity index (χ1) is 22.5. The molecule has 0 unspecified atom stereocenters. The highest BCUT2D eigenvalue weighted by molar-refractivity contribution is 5.00. The van der Waals surface area contributed by atoms with Crippen LogP contribution in [0.3, 0.4) is 0 Å². The maximum atomic E-state index is 13.8. The van der Waals surface area contributed by atoms with Crippen molar-refractivity contribution in [2.24, 2.45) is 0 Å². The zero-order valence-electron chi connectivity index (χ0n) is 25.1. The van der Waals surface area contributed by atoms with E-state index in [9.17, 15) is 105 Å². The maximum Gasteiger partial charge on any atom is 0.377 e. The minimum Gasteiger partial charge on any atom is -0.378 e. The minimum atomic E-state index is -6.73. The molecule has 0 atom stereocenters. The first kappa shape index (κ1) is 49.2. The van der Waals surface area contributed by atoms with E-state index in [4.69, 9.17) is 4.74 Å². The number of ether oxygens (including phenoxy) is 3. The minimum absolute atomic E-state index is 0.797. The Morgan fingerprint density at radius 3 is 0.941 bits per heavy atom. The van der Waals surface area contributed by atoms with Crippen LogP contribution in [0.2, 0.25) is 0 Å². The second-order valence-electron chi connectivity index (χ2n) is 10.7. The van der Waals surface area contributed by atoms with Crippen LogP contribution in [0.25, 0.3) is 0 Å². The topological polar surface area (TPSA) is 27.7 Å². The summed E-state index contributed by atoms with van der Waals surface area (Å²) in [4.78, 5) is 0. The fraction of sp³-hybridized carbons (Fsp3) is 1.00. The molecule has 0 aliphatic carbocycles. The molecule has 3 nitrogen and oxygen atoms in total. The van der Waals surface area contributed by atoms with Gasteiger partial charge in [-0.1, -0.05) is 6.92 Å². The molecule has 0 amide bonds. The lowest BCUT2D eigenvalue weighted by Gasteiger charge is -2.35. The summed E-state index contributed by atoms with van der Waals surface area (Å²) in [6, 6.07) is 0. The SMILES string of the molecule is CCC(COCCC(F)(F)C(F)(F)C(F)(F)C(F)F)(COCCC(F)(F)C(F)(F)C(F)(F)C(F)F)OCCCC(F)(F)C(F)(F)C(F)(F)C(F)F. The third-order valence-electron chi connectivity index (χ3n) is 6.99. The molecule has 51 heavy (non-hydrogen) atoms. The van der Waals surface area contributed by atoms with Gasteiger partial charge in [0, 0.05) is 25.9 Å². The molecule has 0 aliphatic heterocycles. The number of hydrogen-bond donors (Lipinski definition) is 0. The highest BCUT2D eigenvalue weighted by Crippen LogP contribution is 2.52. The predicted octanol–water partition coefficient (Wildman–Crippen LogP) is 10.3. The largest absolute Gasteiger partial charge is 0.378 e. The second kappa shape index (κ2) is 16.7. The fourth-order valence-electron chi connectivity index (χ4n) is 3.54. The first-order valence-electron chi connectivity index (χ1n) is 13.6. The quantitative estimate of drug-likeness (QED) is 0.0679. The van der Waals surface area contributed by atoms with Crippen molar-refractivity contribution in [1.82, 2.24) is 0 Å². The lowest BCUT2D eigenvalue weighted by Crippen LogP contribution is -2.58. The van der Waals surface area contributed by atoms with E-state index in [1.165, 1.54) is 0 Å². The van der Waals surface area contributed by atoms with Crippen molar-refractivity contribution in [1.29, 1.82) is 0 Å². The molecular weight excluding hydrogens is 792 g/mol. The van der Waals surface area contributed by atoms with Gasteiger partial charge in [-0.2, -0.15) is 79.0 Å². The van der Waals surface area contributed by atoms with Crippen LogP contribution in [-0.2, 0) is 14.2 Å². The van der Waals surface area contributed by atoms with Gasteiger partial charge in [-0.15, -0.1) is 0 Å². The lowest BCUT2D eigenvalue weighted by molar-refractivity contribution is -0.341. The van der Waals surface area contributed by atoms with Gasteiger partial charge in [-0.05, 0) is 12.8 Å². The lowest BCUT2D eigenvalue weighted by atomic mass is 9.99. The third-order valence-corrected chi connectivity index (χ3v) is 6.99.